The maximum atomic E-state index is 10.6. The Kier molecular flexibility index (Phi) is 5.01. The van der Waals surface area contributed by atoms with Gasteiger partial charge in [-0.25, -0.2) is 4.21 Å². The van der Waals surface area contributed by atoms with Crippen molar-refractivity contribution >= 4 is 17.0 Å². The first-order valence-electron chi connectivity index (χ1n) is 3.06. The summed E-state index contributed by atoms with van der Waals surface area (Å²) in [5.74, 6) is 3.68. The Morgan fingerprint density at radius 1 is 1.82 bits per heavy atom. The molecule has 0 aromatic rings. The second kappa shape index (κ2) is 5.22. The summed E-state index contributed by atoms with van der Waals surface area (Å²) in [6, 6.07) is 0. The Hall–Kier alpha value is -0.460. The van der Waals surface area contributed by atoms with Crippen LogP contribution in [-0.2, 0) is 20.7 Å². The fraction of sp³-hybridized carbons (Fsp3) is 0.800. The van der Waals surface area contributed by atoms with E-state index in [-0.39, 0.29) is 5.75 Å². The molecule has 0 spiro atoms. The van der Waals surface area contributed by atoms with E-state index in [1.807, 2.05) is 0 Å². The second-order valence-electron chi connectivity index (χ2n) is 2.15. The first kappa shape index (κ1) is 10.5. The number of carbonyl (C=O) groups excluding carboxylic acids is 1. The topological polar surface area (TPSA) is 89.6 Å². The molecular formula is C5H11NO4S. The third-order valence-electron chi connectivity index (χ3n) is 1.24. The SMILES string of the molecule is C[C@H](CCS(=O)O)C(=O)ON. The summed E-state index contributed by atoms with van der Waals surface area (Å²) in [5, 5.41) is 0. The average Bonchev–Trinajstić information content (AvgIpc) is 1.98. The summed E-state index contributed by atoms with van der Waals surface area (Å²) in [7, 11) is 0. The van der Waals surface area contributed by atoms with Gasteiger partial charge >= 0.3 is 5.97 Å². The van der Waals surface area contributed by atoms with Crippen LogP contribution in [0.5, 0.6) is 0 Å². The van der Waals surface area contributed by atoms with E-state index < -0.39 is 23.0 Å². The van der Waals surface area contributed by atoms with E-state index in [1.165, 1.54) is 0 Å². The van der Waals surface area contributed by atoms with Crippen LogP contribution in [0.4, 0.5) is 0 Å². The molecule has 0 fully saturated rings. The van der Waals surface area contributed by atoms with Gasteiger partial charge in [-0.15, -0.1) is 0 Å². The number of nitrogens with two attached hydrogens (primary N) is 1. The van der Waals surface area contributed by atoms with Gasteiger partial charge in [0.05, 0.1) is 11.7 Å². The summed E-state index contributed by atoms with van der Waals surface area (Å²) >= 11 is -1.85. The normalized spacial score (nSPS) is 15.5. The minimum atomic E-state index is -1.85. The number of hydrogen-bond acceptors (Lipinski definition) is 4. The van der Waals surface area contributed by atoms with Crippen molar-refractivity contribution in [3.05, 3.63) is 0 Å². The molecule has 0 radical (unpaired) electrons. The average molecular weight is 181 g/mol. The number of carbonyl (C=O) groups is 1. The van der Waals surface area contributed by atoms with Gasteiger partial charge in [0.1, 0.15) is 0 Å². The van der Waals surface area contributed by atoms with Gasteiger partial charge in [0.15, 0.2) is 11.1 Å². The zero-order valence-electron chi connectivity index (χ0n) is 6.15. The molecule has 0 saturated carbocycles. The van der Waals surface area contributed by atoms with Crippen molar-refractivity contribution in [1.29, 1.82) is 0 Å². The molecule has 0 rings (SSSR count). The lowest BCUT2D eigenvalue weighted by molar-refractivity contribution is -0.148. The van der Waals surface area contributed by atoms with Crippen LogP contribution in [0, 0.1) is 5.92 Å². The standard InChI is InChI=1S/C5H11NO4S/c1-4(5(7)10-6)2-3-11(8)9/h4H,2-3,6H2,1H3,(H,8,9)/t4-/m1/s1. The number of hydrogen-bond donors (Lipinski definition) is 2. The Labute approximate surface area is 67.1 Å². The van der Waals surface area contributed by atoms with Crippen molar-refractivity contribution in [3.63, 3.8) is 0 Å². The molecular weight excluding hydrogens is 170 g/mol. The molecule has 66 valence electrons. The van der Waals surface area contributed by atoms with E-state index in [9.17, 15) is 9.00 Å². The van der Waals surface area contributed by atoms with Crippen LogP contribution >= 0.6 is 0 Å². The minimum absolute atomic E-state index is 0.0657. The second-order valence-corrected chi connectivity index (χ2v) is 3.20. The highest BCUT2D eigenvalue weighted by Crippen LogP contribution is 2.03. The van der Waals surface area contributed by atoms with E-state index in [2.05, 4.69) is 10.7 Å². The molecule has 0 aliphatic heterocycles. The Bertz CT molecular complexity index is 161. The van der Waals surface area contributed by atoms with Gasteiger partial charge in [-0.05, 0) is 6.42 Å². The first-order chi connectivity index (χ1) is 5.07. The summed E-state index contributed by atoms with van der Waals surface area (Å²) < 4.78 is 18.5. The predicted octanol–water partition coefficient (Wildman–Crippen LogP) is -0.349. The summed E-state index contributed by atoms with van der Waals surface area (Å²) in [4.78, 5) is 14.5. The number of rotatable bonds is 4. The van der Waals surface area contributed by atoms with Crippen molar-refractivity contribution in [2.24, 2.45) is 11.8 Å². The van der Waals surface area contributed by atoms with Gasteiger partial charge in [-0.1, -0.05) is 6.92 Å². The smallest absolute Gasteiger partial charge is 0.327 e. The van der Waals surface area contributed by atoms with Crippen molar-refractivity contribution in [1.82, 2.24) is 0 Å². The monoisotopic (exact) mass is 181 g/mol. The molecule has 11 heavy (non-hydrogen) atoms. The van der Waals surface area contributed by atoms with Crippen molar-refractivity contribution in [2.45, 2.75) is 13.3 Å². The lowest BCUT2D eigenvalue weighted by atomic mass is 10.1. The van der Waals surface area contributed by atoms with E-state index in [0.717, 1.165) is 0 Å². The van der Waals surface area contributed by atoms with Crippen LogP contribution in [0.15, 0.2) is 0 Å². The molecule has 0 heterocycles. The Morgan fingerprint density at radius 3 is 2.73 bits per heavy atom. The Morgan fingerprint density at radius 2 is 2.36 bits per heavy atom. The van der Waals surface area contributed by atoms with Gasteiger partial charge in [-0.3, -0.25) is 4.79 Å². The van der Waals surface area contributed by atoms with Crippen LogP contribution in [0.2, 0.25) is 0 Å². The third kappa shape index (κ3) is 4.88. The lowest BCUT2D eigenvalue weighted by Gasteiger charge is -2.04. The summed E-state index contributed by atoms with van der Waals surface area (Å²) in [6.45, 7) is 1.59. The van der Waals surface area contributed by atoms with E-state index in [0.29, 0.717) is 6.42 Å². The largest absolute Gasteiger partial charge is 0.373 e. The molecule has 0 bridgehead atoms. The molecule has 0 aromatic carbocycles. The molecule has 0 saturated heterocycles. The van der Waals surface area contributed by atoms with Crippen LogP contribution < -0.4 is 5.90 Å². The molecule has 0 aliphatic carbocycles. The van der Waals surface area contributed by atoms with E-state index in [4.69, 9.17) is 4.55 Å². The fourth-order valence-corrected chi connectivity index (χ4v) is 1.07. The highest BCUT2D eigenvalue weighted by Gasteiger charge is 2.13. The van der Waals surface area contributed by atoms with Crippen LogP contribution in [-0.4, -0.2) is 20.5 Å². The fourth-order valence-electron chi connectivity index (χ4n) is 0.512. The van der Waals surface area contributed by atoms with Crippen molar-refractivity contribution < 1.29 is 18.4 Å². The predicted molar refractivity (Wildman–Crippen MR) is 39.7 cm³/mol. The molecule has 0 amide bonds. The van der Waals surface area contributed by atoms with Gasteiger partial charge < -0.3 is 9.39 Å². The quantitative estimate of drug-likeness (QED) is 0.457. The minimum Gasteiger partial charge on any atom is -0.373 e. The van der Waals surface area contributed by atoms with Crippen LogP contribution in [0.25, 0.3) is 0 Å². The van der Waals surface area contributed by atoms with Gasteiger partial charge in [0.25, 0.3) is 0 Å². The summed E-state index contributed by atoms with van der Waals surface area (Å²) in [5.41, 5.74) is 0. The van der Waals surface area contributed by atoms with Crippen molar-refractivity contribution in [3.8, 4) is 0 Å². The van der Waals surface area contributed by atoms with E-state index >= 15 is 0 Å². The molecule has 2 atom stereocenters. The van der Waals surface area contributed by atoms with E-state index in [1.54, 1.807) is 6.92 Å². The van der Waals surface area contributed by atoms with Gasteiger partial charge in [-0.2, -0.15) is 5.90 Å². The zero-order valence-corrected chi connectivity index (χ0v) is 6.97. The molecule has 0 aromatic heterocycles. The maximum Gasteiger partial charge on any atom is 0.327 e. The first-order valence-corrected chi connectivity index (χ1v) is 4.33. The van der Waals surface area contributed by atoms with Crippen LogP contribution in [0.3, 0.4) is 0 Å². The molecule has 1 unspecified atom stereocenters. The van der Waals surface area contributed by atoms with Crippen LogP contribution in [0.1, 0.15) is 13.3 Å². The highest BCUT2D eigenvalue weighted by atomic mass is 32.2. The highest BCUT2D eigenvalue weighted by molar-refractivity contribution is 7.79. The third-order valence-corrected chi connectivity index (χ3v) is 1.83. The summed E-state index contributed by atoms with van der Waals surface area (Å²) in [6.07, 6.45) is 0.305. The van der Waals surface area contributed by atoms with Gasteiger partial charge in [0.2, 0.25) is 0 Å². The molecule has 0 aliphatic rings. The zero-order chi connectivity index (χ0) is 8.85. The molecule has 5 nitrogen and oxygen atoms in total. The molecule has 3 N–H and O–H groups in total. The van der Waals surface area contributed by atoms with Gasteiger partial charge in [0, 0.05) is 0 Å². The molecule has 6 heteroatoms. The Balaban J connectivity index is 3.60. The maximum absolute atomic E-state index is 10.6. The van der Waals surface area contributed by atoms with Crippen molar-refractivity contribution in [2.75, 3.05) is 5.75 Å². The lowest BCUT2D eigenvalue weighted by Crippen LogP contribution is -2.19.